The average molecular weight is 532 g/mol. The second-order valence-electron chi connectivity index (χ2n) is 17.9. The third kappa shape index (κ3) is 7.41. The van der Waals surface area contributed by atoms with Gasteiger partial charge in [0, 0.05) is 0 Å². The van der Waals surface area contributed by atoms with Crippen LogP contribution in [0.5, 0.6) is 0 Å². The molecule has 6 rings (SSSR count). The first-order chi connectivity index (χ1) is 17.9. The van der Waals surface area contributed by atoms with Crippen LogP contribution in [0, 0.1) is 102 Å². The molecule has 0 aromatic rings. The van der Waals surface area contributed by atoms with Gasteiger partial charge in [-0.25, -0.2) is 0 Å². The molecule has 3 heteroatoms. The molecule has 216 valence electrons. The molecule has 0 aromatic carbocycles. The van der Waals surface area contributed by atoms with Gasteiger partial charge in [0.15, 0.2) is 0 Å². The van der Waals surface area contributed by atoms with E-state index in [9.17, 15) is 0 Å². The first-order valence-corrected chi connectivity index (χ1v) is 16.1. The lowest BCUT2D eigenvalue weighted by Crippen LogP contribution is -1.99. The van der Waals surface area contributed by atoms with E-state index in [1.54, 1.807) is 0 Å². The fourth-order valence-corrected chi connectivity index (χ4v) is 7.37. The number of nitrogens with zero attached hydrogens (tertiary/aromatic N) is 3. The molecular weight excluding hydrogens is 474 g/mol. The average Bonchev–Trinajstić information content (AvgIpc) is 3.58. The lowest BCUT2D eigenvalue weighted by Gasteiger charge is -2.09. The van der Waals surface area contributed by atoms with E-state index >= 15 is 0 Å². The summed E-state index contributed by atoms with van der Waals surface area (Å²) in [6, 6.07) is 7.18. The molecule has 0 heterocycles. The third-order valence-electron chi connectivity index (χ3n) is 12.9. The van der Waals surface area contributed by atoms with Gasteiger partial charge >= 0.3 is 0 Å². The van der Waals surface area contributed by atoms with E-state index in [1.807, 2.05) is 0 Å². The van der Waals surface area contributed by atoms with Crippen LogP contribution in [0.15, 0.2) is 0 Å². The van der Waals surface area contributed by atoms with Crippen molar-refractivity contribution in [3.63, 3.8) is 0 Å². The minimum atomic E-state index is 0.370. The van der Waals surface area contributed by atoms with Gasteiger partial charge in [-0.15, -0.1) is 0 Å². The highest BCUT2D eigenvalue weighted by Gasteiger charge is 2.54. The molecule has 6 aliphatic carbocycles. The molecule has 0 radical (unpaired) electrons. The molecule has 39 heavy (non-hydrogen) atoms. The number of hydrogen-bond donors (Lipinski definition) is 0. The quantitative estimate of drug-likeness (QED) is 0.297. The summed E-state index contributed by atoms with van der Waals surface area (Å²) in [5.74, 6) is 3.95. The first kappa shape index (κ1) is 30.4. The zero-order valence-corrected chi connectivity index (χ0v) is 26.8. The number of nitriles is 3. The molecular formula is C36H57N3. The van der Waals surface area contributed by atoms with Crippen molar-refractivity contribution in [3.8, 4) is 18.2 Å². The van der Waals surface area contributed by atoms with Crippen LogP contribution < -0.4 is 0 Å². The van der Waals surface area contributed by atoms with Gasteiger partial charge < -0.3 is 0 Å². The summed E-state index contributed by atoms with van der Waals surface area (Å²) in [6.45, 7) is 21.0. The van der Waals surface area contributed by atoms with Crippen LogP contribution in [0.3, 0.4) is 0 Å². The van der Waals surface area contributed by atoms with Crippen molar-refractivity contribution >= 4 is 0 Å². The van der Waals surface area contributed by atoms with Crippen LogP contribution in [0.1, 0.15) is 139 Å². The number of hydrogen-bond acceptors (Lipinski definition) is 3. The van der Waals surface area contributed by atoms with Crippen molar-refractivity contribution in [3.05, 3.63) is 0 Å². The highest BCUT2D eigenvalue weighted by molar-refractivity contribution is 5.12. The zero-order valence-electron chi connectivity index (χ0n) is 26.8. The fourth-order valence-electron chi connectivity index (χ4n) is 7.37. The van der Waals surface area contributed by atoms with E-state index in [2.05, 4.69) is 80.5 Å². The Kier molecular flexibility index (Phi) is 7.86. The predicted molar refractivity (Wildman–Crippen MR) is 159 cm³/mol. The SMILES string of the molecule is CC1(C)CC1CC[C@@]1(C)C[C@@H]1C#N.CC1(C)CC1CC[C@]1(C)C[C@@H]1C#N.CC1(C)CC1CC[C@]1(C)C[C@H]1C#N. The Hall–Kier alpha value is -1.53. The van der Waals surface area contributed by atoms with Gasteiger partial charge in [0.2, 0.25) is 0 Å². The van der Waals surface area contributed by atoms with Gasteiger partial charge in [0.1, 0.15) is 0 Å². The Bertz CT molecular complexity index is 916. The molecule has 3 unspecified atom stereocenters. The van der Waals surface area contributed by atoms with Gasteiger partial charge in [-0.3, -0.25) is 0 Å². The summed E-state index contributed by atoms with van der Waals surface area (Å²) in [4.78, 5) is 0. The van der Waals surface area contributed by atoms with Crippen LogP contribution >= 0.6 is 0 Å². The second kappa shape index (κ2) is 10.1. The van der Waals surface area contributed by atoms with Gasteiger partial charge in [-0.05, 0) is 127 Å². The maximum absolute atomic E-state index is 8.78. The highest BCUT2D eigenvalue weighted by atomic mass is 14.6. The molecule has 6 fully saturated rings. The molecule has 0 N–H and O–H groups in total. The summed E-state index contributed by atoms with van der Waals surface area (Å²) >= 11 is 0. The molecule has 0 aliphatic heterocycles. The summed E-state index contributed by atoms with van der Waals surface area (Å²) in [5, 5.41) is 26.3. The van der Waals surface area contributed by atoms with E-state index in [4.69, 9.17) is 15.8 Å². The van der Waals surface area contributed by atoms with Crippen LogP contribution in [0.2, 0.25) is 0 Å². The van der Waals surface area contributed by atoms with Crippen molar-refractivity contribution < 1.29 is 0 Å². The van der Waals surface area contributed by atoms with E-state index in [0.29, 0.717) is 50.2 Å². The summed E-state index contributed by atoms with van der Waals surface area (Å²) in [7, 11) is 0. The molecule has 6 aliphatic rings. The molecule has 9 atom stereocenters. The molecule has 0 bridgehead atoms. The lowest BCUT2D eigenvalue weighted by molar-refractivity contribution is 0.422. The van der Waals surface area contributed by atoms with Crippen LogP contribution in [-0.4, -0.2) is 0 Å². The van der Waals surface area contributed by atoms with Crippen molar-refractivity contribution in [2.75, 3.05) is 0 Å². The standard InChI is InChI=1S/3C12H19N/c3*1-11(2)6-9(11)4-5-12(3)7-10(12)8-13/h3*9-10H,4-7H2,1-3H3/t2*9?,10-,12+;9?,10-,12-/m101/s1. The third-order valence-corrected chi connectivity index (χ3v) is 12.9. The highest BCUT2D eigenvalue weighted by Crippen LogP contribution is 2.62. The van der Waals surface area contributed by atoms with Crippen LogP contribution in [0.25, 0.3) is 0 Å². The molecule has 0 amide bonds. The topological polar surface area (TPSA) is 71.4 Å². The number of rotatable bonds is 9. The summed E-state index contributed by atoms with van der Waals surface area (Å²) < 4.78 is 0. The van der Waals surface area contributed by atoms with E-state index in [0.717, 1.165) is 37.0 Å². The van der Waals surface area contributed by atoms with Crippen molar-refractivity contribution in [1.82, 2.24) is 0 Å². The zero-order chi connectivity index (χ0) is 29.1. The summed E-state index contributed by atoms with van der Waals surface area (Å²) in [5.41, 5.74) is 3.04. The Balaban J connectivity index is 0.000000136. The summed E-state index contributed by atoms with van der Waals surface area (Å²) in [6.07, 6.45) is 15.5. The van der Waals surface area contributed by atoms with E-state index in [-0.39, 0.29) is 0 Å². The van der Waals surface area contributed by atoms with Crippen LogP contribution in [0.4, 0.5) is 0 Å². The van der Waals surface area contributed by atoms with E-state index in [1.165, 1.54) is 57.8 Å². The van der Waals surface area contributed by atoms with Crippen molar-refractivity contribution in [1.29, 1.82) is 15.8 Å². The van der Waals surface area contributed by atoms with Crippen molar-refractivity contribution in [2.45, 2.75) is 139 Å². The largest absolute Gasteiger partial charge is 0.198 e. The molecule has 0 spiro atoms. The minimum absolute atomic E-state index is 0.370. The Morgan fingerprint density at radius 1 is 0.436 bits per heavy atom. The maximum atomic E-state index is 8.78. The molecule has 0 aromatic heterocycles. The second-order valence-corrected chi connectivity index (χ2v) is 17.9. The van der Waals surface area contributed by atoms with E-state index < -0.39 is 0 Å². The maximum Gasteiger partial charge on any atom is 0.0661 e. The first-order valence-electron chi connectivity index (χ1n) is 16.1. The van der Waals surface area contributed by atoms with Gasteiger partial charge in [0.25, 0.3) is 0 Å². The van der Waals surface area contributed by atoms with Gasteiger partial charge in [-0.2, -0.15) is 15.8 Å². The van der Waals surface area contributed by atoms with Crippen LogP contribution in [-0.2, 0) is 0 Å². The smallest absolute Gasteiger partial charge is 0.0661 e. The predicted octanol–water partition coefficient (Wildman–Crippen LogP) is 10.1. The van der Waals surface area contributed by atoms with Gasteiger partial charge in [0.05, 0.1) is 36.0 Å². The van der Waals surface area contributed by atoms with Crippen molar-refractivity contribution in [2.24, 2.45) is 68.0 Å². The Labute approximate surface area is 241 Å². The minimum Gasteiger partial charge on any atom is -0.198 e. The monoisotopic (exact) mass is 531 g/mol. The molecule has 0 saturated heterocycles. The Morgan fingerprint density at radius 3 is 0.769 bits per heavy atom. The lowest BCUT2D eigenvalue weighted by atomic mass is 9.96. The Morgan fingerprint density at radius 2 is 0.641 bits per heavy atom. The molecule has 6 saturated carbocycles. The normalized spacial score (nSPS) is 45.4. The molecule has 3 nitrogen and oxygen atoms in total. The fraction of sp³-hybridized carbons (Fsp3) is 0.917. The van der Waals surface area contributed by atoms with Gasteiger partial charge in [-0.1, -0.05) is 62.3 Å².